The molecule has 1 aromatic rings. The van der Waals surface area contributed by atoms with Crippen molar-refractivity contribution in [2.75, 3.05) is 0 Å². The maximum atomic E-state index is 2.30. The summed E-state index contributed by atoms with van der Waals surface area (Å²) >= 11 is 0. The summed E-state index contributed by atoms with van der Waals surface area (Å²) in [4.78, 5) is 0. The predicted molar refractivity (Wildman–Crippen MR) is 68.7 cm³/mol. The van der Waals surface area contributed by atoms with Crippen molar-refractivity contribution in [3.05, 3.63) is 34.4 Å². The van der Waals surface area contributed by atoms with E-state index < -0.39 is 0 Å². The second-order valence-corrected chi connectivity index (χ2v) is 5.86. The fourth-order valence-corrected chi connectivity index (χ4v) is 2.28. The van der Waals surface area contributed by atoms with Gasteiger partial charge in [-0.15, -0.1) is 0 Å². The molecule has 0 aliphatic carbocycles. The van der Waals surface area contributed by atoms with Gasteiger partial charge in [-0.2, -0.15) is 0 Å². The molecule has 0 aromatic heterocycles. The molecule has 0 aliphatic heterocycles. The molecule has 0 saturated heterocycles. The highest BCUT2D eigenvalue weighted by molar-refractivity contribution is 5.43. The standard InChI is InChI=1S/C15H24/c1-10(2)13-8-9-14(15(5,6)7)12(4)11(13)3/h8-10H,1-7H3. The van der Waals surface area contributed by atoms with Crippen molar-refractivity contribution in [3.63, 3.8) is 0 Å². The molecule has 15 heavy (non-hydrogen) atoms. The van der Waals surface area contributed by atoms with Crippen LogP contribution in [0, 0.1) is 13.8 Å². The first-order chi connectivity index (χ1) is 6.75. The van der Waals surface area contributed by atoms with Crippen molar-refractivity contribution in [2.45, 2.75) is 59.8 Å². The molecule has 0 amide bonds. The van der Waals surface area contributed by atoms with E-state index in [0.29, 0.717) is 5.92 Å². The third-order valence-electron chi connectivity index (χ3n) is 3.26. The fraction of sp³-hybridized carbons (Fsp3) is 0.600. The average molecular weight is 204 g/mol. The predicted octanol–water partition coefficient (Wildman–Crippen LogP) is 4.72. The molecule has 84 valence electrons. The summed E-state index contributed by atoms with van der Waals surface area (Å²) in [5.74, 6) is 0.623. The normalized spacial score (nSPS) is 12.3. The summed E-state index contributed by atoms with van der Waals surface area (Å²) in [6.45, 7) is 15.9. The molecule has 0 unspecified atom stereocenters. The SMILES string of the molecule is Cc1c(C(C)C)ccc(C(C)(C)C)c1C. The Bertz CT molecular complexity index is 351. The lowest BCUT2D eigenvalue weighted by Crippen LogP contribution is -2.14. The molecule has 1 rings (SSSR count). The van der Waals surface area contributed by atoms with Crippen molar-refractivity contribution in [3.8, 4) is 0 Å². The van der Waals surface area contributed by atoms with Gasteiger partial charge in [-0.05, 0) is 47.4 Å². The van der Waals surface area contributed by atoms with Crippen molar-refractivity contribution >= 4 is 0 Å². The molecular formula is C15H24. The van der Waals surface area contributed by atoms with Crippen molar-refractivity contribution < 1.29 is 0 Å². The van der Waals surface area contributed by atoms with Crippen LogP contribution in [0.5, 0.6) is 0 Å². The molecule has 0 atom stereocenters. The fourth-order valence-electron chi connectivity index (χ4n) is 2.28. The van der Waals surface area contributed by atoms with Crippen molar-refractivity contribution in [2.24, 2.45) is 0 Å². The summed E-state index contributed by atoms with van der Waals surface area (Å²) in [5.41, 5.74) is 6.15. The zero-order chi connectivity index (χ0) is 11.8. The van der Waals surface area contributed by atoms with E-state index in [2.05, 4.69) is 60.6 Å². The largest absolute Gasteiger partial charge is 0.0587 e. The number of rotatable bonds is 1. The third-order valence-corrected chi connectivity index (χ3v) is 3.26. The van der Waals surface area contributed by atoms with Gasteiger partial charge in [-0.3, -0.25) is 0 Å². The second-order valence-electron chi connectivity index (χ2n) is 5.86. The second kappa shape index (κ2) is 4.00. The summed E-state index contributed by atoms with van der Waals surface area (Å²) < 4.78 is 0. The molecule has 0 nitrogen and oxygen atoms in total. The minimum Gasteiger partial charge on any atom is -0.0587 e. The lowest BCUT2D eigenvalue weighted by atomic mass is 9.80. The minimum atomic E-state index is 0.254. The molecule has 0 saturated carbocycles. The molecule has 0 heterocycles. The molecule has 0 fully saturated rings. The number of hydrogen-bond donors (Lipinski definition) is 0. The van der Waals surface area contributed by atoms with Crippen LogP contribution in [0.1, 0.15) is 62.8 Å². The highest BCUT2D eigenvalue weighted by Crippen LogP contribution is 2.31. The van der Waals surface area contributed by atoms with E-state index in [1.807, 2.05) is 0 Å². The van der Waals surface area contributed by atoms with Gasteiger partial charge in [0.25, 0.3) is 0 Å². The van der Waals surface area contributed by atoms with E-state index >= 15 is 0 Å². The van der Waals surface area contributed by atoms with Gasteiger partial charge in [-0.25, -0.2) is 0 Å². The quantitative estimate of drug-likeness (QED) is 0.620. The van der Waals surface area contributed by atoms with Crippen LogP contribution in [0.2, 0.25) is 0 Å². The van der Waals surface area contributed by atoms with Crippen LogP contribution in [0.15, 0.2) is 12.1 Å². The summed E-state index contributed by atoms with van der Waals surface area (Å²) in [6.07, 6.45) is 0. The van der Waals surface area contributed by atoms with Crippen LogP contribution >= 0.6 is 0 Å². The summed E-state index contributed by atoms with van der Waals surface area (Å²) in [7, 11) is 0. The Balaban J connectivity index is 3.34. The zero-order valence-corrected chi connectivity index (χ0v) is 11.2. The van der Waals surface area contributed by atoms with Crippen LogP contribution < -0.4 is 0 Å². The summed E-state index contributed by atoms with van der Waals surface area (Å²) in [6, 6.07) is 4.60. The Morgan fingerprint density at radius 1 is 0.933 bits per heavy atom. The van der Waals surface area contributed by atoms with Gasteiger partial charge < -0.3 is 0 Å². The maximum absolute atomic E-state index is 2.30. The lowest BCUT2D eigenvalue weighted by molar-refractivity contribution is 0.584. The summed E-state index contributed by atoms with van der Waals surface area (Å²) in [5, 5.41) is 0. The third kappa shape index (κ3) is 2.42. The smallest absolute Gasteiger partial charge is 0.0129 e. The first-order valence-corrected chi connectivity index (χ1v) is 5.85. The highest BCUT2D eigenvalue weighted by atomic mass is 14.2. The Kier molecular flexibility index (Phi) is 3.28. The lowest BCUT2D eigenvalue weighted by Gasteiger charge is -2.25. The van der Waals surface area contributed by atoms with Crippen LogP contribution in [0.3, 0.4) is 0 Å². The monoisotopic (exact) mass is 204 g/mol. The van der Waals surface area contributed by atoms with Gasteiger partial charge in [0, 0.05) is 0 Å². The first-order valence-electron chi connectivity index (χ1n) is 5.85. The topological polar surface area (TPSA) is 0 Å². The van der Waals surface area contributed by atoms with Crippen LogP contribution in [0.25, 0.3) is 0 Å². The van der Waals surface area contributed by atoms with Gasteiger partial charge in [-0.1, -0.05) is 46.8 Å². The van der Waals surface area contributed by atoms with E-state index in [4.69, 9.17) is 0 Å². The molecule has 0 aliphatic rings. The van der Waals surface area contributed by atoms with Gasteiger partial charge in [0.05, 0.1) is 0 Å². The molecule has 0 heteroatoms. The van der Waals surface area contributed by atoms with Gasteiger partial charge in [0.1, 0.15) is 0 Å². The molecule has 1 aromatic carbocycles. The van der Waals surface area contributed by atoms with E-state index in [9.17, 15) is 0 Å². The first kappa shape index (κ1) is 12.3. The van der Waals surface area contributed by atoms with Gasteiger partial charge >= 0.3 is 0 Å². The van der Waals surface area contributed by atoms with Gasteiger partial charge in [0.15, 0.2) is 0 Å². The van der Waals surface area contributed by atoms with Gasteiger partial charge in [0.2, 0.25) is 0 Å². The Morgan fingerprint density at radius 2 is 1.47 bits per heavy atom. The Morgan fingerprint density at radius 3 is 1.87 bits per heavy atom. The average Bonchev–Trinajstić information content (AvgIpc) is 2.06. The molecule has 0 bridgehead atoms. The maximum Gasteiger partial charge on any atom is -0.0129 e. The Labute approximate surface area is 94.7 Å². The molecule has 0 spiro atoms. The minimum absolute atomic E-state index is 0.254. The highest BCUT2D eigenvalue weighted by Gasteiger charge is 2.18. The van der Waals surface area contributed by atoms with Crippen molar-refractivity contribution in [1.82, 2.24) is 0 Å². The van der Waals surface area contributed by atoms with Crippen LogP contribution in [-0.4, -0.2) is 0 Å². The van der Waals surface area contributed by atoms with E-state index in [1.165, 1.54) is 22.3 Å². The molecule has 0 N–H and O–H groups in total. The van der Waals surface area contributed by atoms with E-state index in [-0.39, 0.29) is 5.41 Å². The van der Waals surface area contributed by atoms with Crippen LogP contribution in [0.4, 0.5) is 0 Å². The van der Waals surface area contributed by atoms with Crippen LogP contribution in [-0.2, 0) is 5.41 Å². The molecular weight excluding hydrogens is 180 g/mol. The van der Waals surface area contributed by atoms with E-state index in [1.54, 1.807) is 0 Å². The molecule has 0 radical (unpaired) electrons. The number of benzene rings is 1. The zero-order valence-electron chi connectivity index (χ0n) is 11.2. The van der Waals surface area contributed by atoms with E-state index in [0.717, 1.165) is 0 Å². The van der Waals surface area contributed by atoms with Crippen molar-refractivity contribution in [1.29, 1.82) is 0 Å². The number of hydrogen-bond acceptors (Lipinski definition) is 0. The Hall–Kier alpha value is -0.780.